The highest BCUT2D eigenvalue weighted by Crippen LogP contribution is 2.34. The van der Waals surface area contributed by atoms with E-state index in [-0.39, 0.29) is 29.2 Å². The van der Waals surface area contributed by atoms with E-state index < -0.39 is 0 Å². The van der Waals surface area contributed by atoms with Crippen molar-refractivity contribution < 1.29 is 19.1 Å². The number of carbonyl (C=O) groups excluding carboxylic acids is 2. The first-order chi connectivity index (χ1) is 19.4. The number of benzene rings is 2. The van der Waals surface area contributed by atoms with Gasteiger partial charge in [-0.05, 0) is 68.1 Å². The van der Waals surface area contributed by atoms with E-state index in [4.69, 9.17) is 14.5 Å². The molecule has 2 aromatic rings. The van der Waals surface area contributed by atoms with Crippen LogP contribution in [0.15, 0.2) is 53.5 Å². The summed E-state index contributed by atoms with van der Waals surface area (Å²) in [5.41, 5.74) is 4.25. The van der Waals surface area contributed by atoms with Crippen LogP contribution in [0, 0.1) is 0 Å². The molecule has 1 unspecified atom stereocenters. The zero-order valence-electron chi connectivity index (χ0n) is 23.8. The quantitative estimate of drug-likeness (QED) is 0.489. The van der Waals surface area contributed by atoms with Gasteiger partial charge in [0.2, 0.25) is 5.91 Å². The summed E-state index contributed by atoms with van der Waals surface area (Å²) in [5, 5.41) is 9.81. The second-order valence-electron chi connectivity index (χ2n) is 11.5. The van der Waals surface area contributed by atoms with Gasteiger partial charge >= 0.3 is 0 Å². The highest BCUT2D eigenvalue weighted by Gasteiger charge is 2.44. The van der Waals surface area contributed by atoms with E-state index in [0.29, 0.717) is 18.9 Å². The Labute approximate surface area is 237 Å². The van der Waals surface area contributed by atoms with Crippen LogP contribution in [-0.2, 0) is 32.3 Å². The Morgan fingerprint density at radius 3 is 1.88 bits per heavy atom. The number of aliphatic imine (C=N–C) groups is 1. The molecule has 1 saturated heterocycles. The number of hydrogen-bond donors (Lipinski definition) is 3. The lowest BCUT2D eigenvalue weighted by Gasteiger charge is -2.33. The fourth-order valence-electron chi connectivity index (χ4n) is 6.38. The van der Waals surface area contributed by atoms with Gasteiger partial charge in [-0.3, -0.25) is 19.9 Å². The molecular formula is C32H42N4O4. The first-order valence-corrected chi connectivity index (χ1v) is 14.6. The summed E-state index contributed by atoms with van der Waals surface area (Å²) in [5.74, 6) is 0.0674. The Morgan fingerprint density at radius 2 is 1.30 bits per heavy atom. The molecule has 8 nitrogen and oxygen atoms in total. The number of hydrogen-bond acceptors (Lipinski definition) is 6. The summed E-state index contributed by atoms with van der Waals surface area (Å²) in [6, 6.07) is 15.8. The van der Waals surface area contributed by atoms with Crippen molar-refractivity contribution in [2.45, 2.75) is 94.8 Å². The Hall–Kier alpha value is -3.07. The summed E-state index contributed by atoms with van der Waals surface area (Å²) in [6.07, 6.45) is 11.2. The highest BCUT2D eigenvalue weighted by atomic mass is 16.5. The fourth-order valence-corrected chi connectivity index (χ4v) is 6.38. The molecule has 0 radical (unpaired) electrons. The molecule has 214 valence electrons. The zero-order chi connectivity index (χ0) is 28.0. The fraction of sp³-hybridized carbons (Fsp3) is 0.531. The molecular weight excluding hydrogens is 504 g/mol. The van der Waals surface area contributed by atoms with Crippen LogP contribution in [0.3, 0.4) is 0 Å². The van der Waals surface area contributed by atoms with Gasteiger partial charge in [0.1, 0.15) is 17.4 Å². The van der Waals surface area contributed by atoms with Gasteiger partial charge < -0.3 is 20.1 Å². The number of carbonyl (C=O) groups is 2. The lowest BCUT2D eigenvalue weighted by Crippen LogP contribution is -2.51. The van der Waals surface area contributed by atoms with Gasteiger partial charge in [-0.2, -0.15) is 0 Å². The Bertz CT molecular complexity index is 1200. The van der Waals surface area contributed by atoms with E-state index in [9.17, 15) is 9.59 Å². The van der Waals surface area contributed by atoms with Crippen LogP contribution in [-0.4, -0.2) is 43.1 Å². The maximum atomic E-state index is 12.3. The number of amides is 2. The van der Waals surface area contributed by atoms with Gasteiger partial charge in [-0.15, -0.1) is 0 Å². The smallest absolute Gasteiger partial charge is 0.272 e. The third-order valence-corrected chi connectivity index (χ3v) is 8.48. The van der Waals surface area contributed by atoms with Crippen LogP contribution in [0.1, 0.15) is 92.5 Å². The SMILES string of the molecule is COCc1ccc(C2=NC3(CCCCC3)NC2=O)cc1.COCc1ccc(C2NC3(CCCCC3)NC2=O)cc1. The summed E-state index contributed by atoms with van der Waals surface area (Å²) < 4.78 is 10.2. The molecule has 0 bridgehead atoms. The molecule has 2 spiro atoms. The van der Waals surface area contributed by atoms with E-state index in [1.165, 1.54) is 25.7 Å². The molecule has 3 fully saturated rings. The maximum absolute atomic E-state index is 12.3. The van der Waals surface area contributed by atoms with E-state index in [0.717, 1.165) is 60.8 Å². The van der Waals surface area contributed by atoms with Crippen LogP contribution in [0.5, 0.6) is 0 Å². The van der Waals surface area contributed by atoms with Gasteiger partial charge in [-0.25, -0.2) is 0 Å². The Kier molecular flexibility index (Phi) is 8.98. The summed E-state index contributed by atoms with van der Waals surface area (Å²) in [6.45, 7) is 1.19. The van der Waals surface area contributed by atoms with Crippen LogP contribution < -0.4 is 16.0 Å². The van der Waals surface area contributed by atoms with Gasteiger partial charge in [0.15, 0.2) is 0 Å². The molecule has 3 N–H and O–H groups in total. The van der Waals surface area contributed by atoms with E-state index >= 15 is 0 Å². The Morgan fingerprint density at radius 1 is 0.750 bits per heavy atom. The lowest BCUT2D eigenvalue weighted by molar-refractivity contribution is -0.121. The average Bonchev–Trinajstić information content (AvgIpc) is 3.46. The van der Waals surface area contributed by atoms with Crippen molar-refractivity contribution in [2.75, 3.05) is 14.2 Å². The lowest BCUT2D eigenvalue weighted by atomic mass is 9.89. The predicted octanol–water partition coefficient (Wildman–Crippen LogP) is 4.67. The summed E-state index contributed by atoms with van der Waals surface area (Å²) in [4.78, 5) is 29.2. The normalized spacial score (nSPS) is 22.9. The molecule has 2 aromatic carbocycles. The topological polar surface area (TPSA) is 101 Å². The van der Waals surface area contributed by atoms with Gasteiger partial charge in [0.05, 0.1) is 18.9 Å². The monoisotopic (exact) mass is 546 g/mol. The maximum Gasteiger partial charge on any atom is 0.272 e. The number of nitrogens with zero attached hydrogens (tertiary/aromatic N) is 1. The third-order valence-electron chi connectivity index (χ3n) is 8.48. The second-order valence-corrected chi connectivity index (χ2v) is 11.5. The second kappa shape index (κ2) is 12.6. The molecule has 40 heavy (non-hydrogen) atoms. The van der Waals surface area contributed by atoms with Crippen molar-refractivity contribution in [1.82, 2.24) is 16.0 Å². The van der Waals surface area contributed by atoms with Crippen molar-refractivity contribution in [3.05, 3.63) is 70.8 Å². The molecule has 2 aliphatic carbocycles. The standard InChI is InChI=1S/C16H22N2O2.C16H20N2O2/c2*1-20-11-12-5-7-13(8-6-12)14-15(19)18-16(17-14)9-3-2-4-10-16/h5-8,14,17H,2-4,9-11H2,1H3,(H,18,19);5-8H,2-4,9-11H2,1H3,(H,18,19). The van der Waals surface area contributed by atoms with Crippen LogP contribution >= 0.6 is 0 Å². The molecule has 8 heteroatoms. The summed E-state index contributed by atoms with van der Waals surface area (Å²) in [7, 11) is 3.36. The first kappa shape index (κ1) is 28.5. The molecule has 0 aromatic heterocycles. The highest BCUT2D eigenvalue weighted by molar-refractivity contribution is 6.46. The van der Waals surface area contributed by atoms with Crippen molar-refractivity contribution in [2.24, 2.45) is 4.99 Å². The van der Waals surface area contributed by atoms with Gasteiger partial charge in [0, 0.05) is 19.8 Å². The molecule has 2 saturated carbocycles. The zero-order valence-corrected chi connectivity index (χ0v) is 23.8. The third kappa shape index (κ3) is 6.45. The molecule has 1 atom stereocenters. The number of ether oxygens (including phenoxy) is 2. The minimum absolute atomic E-state index is 0.0357. The van der Waals surface area contributed by atoms with Crippen LogP contribution in [0.25, 0.3) is 0 Å². The van der Waals surface area contributed by atoms with Gasteiger partial charge in [-0.1, -0.05) is 61.4 Å². The first-order valence-electron chi connectivity index (χ1n) is 14.6. The van der Waals surface area contributed by atoms with Crippen molar-refractivity contribution in [3.8, 4) is 0 Å². The molecule has 6 rings (SSSR count). The molecule has 2 amide bonds. The number of methoxy groups -OCH3 is 2. The summed E-state index contributed by atoms with van der Waals surface area (Å²) >= 11 is 0. The molecule has 2 aliphatic heterocycles. The van der Waals surface area contributed by atoms with Crippen molar-refractivity contribution >= 4 is 17.5 Å². The number of nitrogens with one attached hydrogen (secondary N) is 3. The van der Waals surface area contributed by atoms with Crippen LogP contribution in [0.4, 0.5) is 0 Å². The predicted molar refractivity (Wildman–Crippen MR) is 155 cm³/mol. The Balaban J connectivity index is 0.000000161. The minimum atomic E-state index is -0.324. The number of rotatable bonds is 6. The van der Waals surface area contributed by atoms with E-state index in [2.05, 4.69) is 16.0 Å². The van der Waals surface area contributed by atoms with E-state index in [1.54, 1.807) is 14.2 Å². The minimum Gasteiger partial charge on any atom is -0.380 e. The van der Waals surface area contributed by atoms with Gasteiger partial charge in [0.25, 0.3) is 5.91 Å². The van der Waals surface area contributed by atoms with Crippen LogP contribution in [0.2, 0.25) is 0 Å². The molecule has 4 aliphatic rings. The average molecular weight is 547 g/mol. The van der Waals surface area contributed by atoms with Crippen molar-refractivity contribution in [1.29, 1.82) is 0 Å². The largest absolute Gasteiger partial charge is 0.380 e. The molecule has 2 heterocycles. The van der Waals surface area contributed by atoms with E-state index in [1.807, 2.05) is 48.5 Å². The van der Waals surface area contributed by atoms with Crippen molar-refractivity contribution in [3.63, 3.8) is 0 Å².